The summed E-state index contributed by atoms with van der Waals surface area (Å²) in [6, 6.07) is 14.7. The third kappa shape index (κ3) is 5.04. The van der Waals surface area contributed by atoms with Crippen molar-refractivity contribution in [1.29, 1.82) is 0 Å². The third-order valence-electron chi connectivity index (χ3n) is 5.76. The molecule has 0 spiro atoms. The Kier molecular flexibility index (Phi) is 6.61. The van der Waals surface area contributed by atoms with E-state index in [1.165, 1.54) is 34.9 Å². The van der Waals surface area contributed by atoms with Crippen molar-refractivity contribution in [2.24, 2.45) is 5.73 Å². The molecule has 0 unspecified atom stereocenters. The van der Waals surface area contributed by atoms with Gasteiger partial charge in [-0.25, -0.2) is 0 Å². The summed E-state index contributed by atoms with van der Waals surface area (Å²) in [5.74, 6) is -1.91. The molecule has 0 fully saturated rings. The lowest BCUT2D eigenvalue weighted by Crippen LogP contribution is -2.42. The first kappa shape index (κ1) is 23.7. The smallest absolute Gasteiger partial charge is 0.262 e. The van der Waals surface area contributed by atoms with Crippen LogP contribution in [0.1, 0.15) is 21.5 Å². The highest BCUT2D eigenvalue weighted by atomic mass is 16.3. The molecule has 7 N–H and O–H groups in total. The Hall–Kier alpha value is -4.50. The molecular weight excluding hydrogens is 450 g/mol. The van der Waals surface area contributed by atoms with Crippen molar-refractivity contribution >= 4 is 22.7 Å². The lowest BCUT2D eigenvalue weighted by atomic mass is 10.0. The number of rotatable bonds is 7. The first-order chi connectivity index (χ1) is 16.7. The zero-order chi connectivity index (χ0) is 25.1. The van der Waals surface area contributed by atoms with Crippen LogP contribution in [0.15, 0.2) is 66.9 Å². The van der Waals surface area contributed by atoms with Crippen LogP contribution in [-0.2, 0) is 17.6 Å². The highest BCUT2D eigenvalue weighted by Gasteiger charge is 2.20. The number of benzene rings is 3. The molecule has 0 saturated heterocycles. The molecule has 4 rings (SSSR count). The zero-order valence-electron chi connectivity index (χ0n) is 18.7. The van der Waals surface area contributed by atoms with Crippen LogP contribution in [0.4, 0.5) is 0 Å². The van der Waals surface area contributed by atoms with Crippen molar-refractivity contribution < 1.29 is 30.0 Å². The summed E-state index contributed by atoms with van der Waals surface area (Å²) in [4.78, 5) is 25.7. The molecule has 180 valence electrons. The summed E-state index contributed by atoms with van der Waals surface area (Å²) in [6.07, 6.45) is 2.26. The number of carbonyl (C=O) groups excluding carboxylic acids is 2. The number of nitrogens with zero attached hydrogens (tertiary/aromatic N) is 1. The van der Waals surface area contributed by atoms with E-state index in [4.69, 9.17) is 5.73 Å². The number of hydrogen-bond acceptors (Lipinski definition) is 7. The van der Waals surface area contributed by atoms with E-state index < -0.39 is 17.7 Å². The molecule has 1 atom stereocenters. The van der Waals surface area contributed by atoms with Gasteiger partial charge in [0.05, 0.1) is 11.6 Å². The van der Waals surface area contributed by atoms with Gasteiger partial charge in [0.2, 0.25) is 5.91 Å². The minimum absolute atomic E-state index is 0.188. The van der Waals surface area contributed by atoms with Crippen LogP contribution in [0.25, 0.3) is 10.9 Å². The molecule has 0 aliphatic rings. The highest BCUT2D eigenvalue weighted by Crippen LogP contribution is 2.28. The number of para-hydroxylation sites is 1. The fourth-order valence-electron chi connectivity index (χ4n) is 3.89. The number of phenolic OH excluding ortho intramolecular Hbond substituents is 4. The summed E-state index contributed by atoms with van der Waals surface area (Å²) < 4.78 is 1.43. The highest BCUT2D eigenvalue weighted by molar-refractivity contribution is 6.03. The number of nitrogens with one attached hydrogen (secondary N) is 1. The largest absolute Gasteiger partial charge is 0.504 e. The van der Waals surface area contributed by atoms with E-state index in [0.717, 1.165) is 10.9 Å². The first-order valence-corrected chi connectivity index (χ1v) is 10.9. The molecule has 4 aromatic rings. The van der Waals surface area contributed by atoms with Gasteiger partial charge in [-0.3, -0.25) is 14.2 Å². The van der Waals surface area contributed by atoms with E-state index >= 15 is 0 Å². The maximum Gasteiger partial charge on any atom is 0.262 e. The normalized spacial score (nSPS) is 11.9. The molecule has 9 heteroatoms. The van der Waals surface area contributed by atoms with Gasteiger partial charge >= 0.3 is 0 Å². The minimum Gasteiger partial charge on any atom is -0.504 e. The van der Waals surface area contributed by atoms with Crippen molar-refractivity contribution in [3.8, 4) is 23.0 Å². The molecule has 0 aliphatic heterocycles. The number of aromatic hydroxyl groups is 4. The molecule has 0 aliphatic carbocycles. The standard InChI is InChI=1S/C26H25N3O6/c27-19(25(34)28-10-9-15-5-7-21(30)23(32)11-15)12-17-14-29(20-4-2-1-3-18(17)20)26(35)16-6-8-22(31)24(33)13-16/h1-8,11,13-14,19,30-33H,9-10,12,27H2,(H,28,34)/t19-/m0/s1. The van der Waals surface area contributed by atoms with E-state index in [9.17, 15) is 30.0 Å². The average molecular weight is 476 g/mol. The van der Waals surface area contributed by atoms with Gasteiger partial charge in [-0.05, 0) is 60.4 Å². The molecule has 0 bridgehead atoms. The summed E-state index contributed by atoms with van der Waals surface area (Å²) in [5.41, 5.74) is 8.43. The van der Waals surface area contributed by atoms with Gasteiger partial charge in [0.25, 0.3) is 5.91 Å². The minimum atomic E-state index is -0.865. The van der Waals surface area contributed by atoms with Crippen molar-refractivity contribution in [1.82, 2.24) is 9.88 Å². The van der Waals surface area contributed by atoms with E-state index in [1.54, 1.807) is 24.4 Å². The van der Waals surface area contributed by atoms with E-state index in [2.05, 4.69) is 5.32 Å². The molecular formula is C26H25N3O6. The fraction of sp³-hybridized carbons (Fsp3) is 0.154. The summed E-state index contributed by atoms with van der Waals surface area (Å²) >= 11 is 0. The number of fused-ring (bicyclic) bond motifs is 1. The lowest BCUT2D eigenvalue weighted by Gasteiger charge is -2.12. The third-order valence-corrected chi connectivity index (χ3v) is 5.76. The lowest BCUT2D eigenvalue weighted by molar-refractivity contribution is -0.122. The Labute approximate surface area is 200 Å². The molecule has 3 aromatic carbocycles. The first-order valence-electron chi connectivity index (χ1n) is 10.9. The molecule has 1 heterocycles. The van der Waals surface area contributed by atoms with Gasteiger partial charge in [0.15, 0.2) is 23.0 Å². The number of phenols is 4. The van der Waals surface area contributed by atoms with Crippen LogP contribution in [0, 0.1) is 0 Å². The maximum absolute atomic E-state index is 13.1. The van der Waals surface area contributed by atoms with Crippen LogP contribution in [0.5, 0.6) is 23.0 Å². The van der Waals surface area contributed by atoms with Crippen molar-refractivity contribution in [2.75, 3.05) is 6.54 Å². The Bertz CT molecular complexity index is 1410. The Balaban J connectivity index is 1.47. The summed E-state index contributed by atoms with van der Waals surface area (Å²) in [7, 11) is 0. The van der Waals surface area contributed by atoms with E-state index in [-0.39, 0.29) is 35.1 Å². The zero-order valence-corrected chi connectivity index (χ0v) is 18.7. The molecule has 1 amide bonds. The predicted octanol–water partition coefficient (Wildman–Crippen LogP) is 2.38. The molecule has 35 heavy (non-hydrogen) atoms. The predicted molar refractivity (Wildman–Crippen MR) is 130 cm³/mol. The van der Waals surface area contributed by atoms with Crippen molar-refractivity contribution in [3.63, 3.8) is 0 Å². The quantitative estimate of drug-likeness (QED) is 0.224. The second-order valence-corrected chi connectivity index (χ2v) is 8.22. The Morgan fingerprint density at radius 2 is 1.57 bits per heavy atom. The van der Waals surface area contributed by atoms with Gasteiger partial charge in [0, 0.05) is 23.7 Å². The topological polar surface area (TPSA) is 158 Å². The maximum atomic E-state index is 13.1. The fourth-order valence-corrected chi connectivity index (χ4v) is 3.89. The van der Waals surface area contributed by atoms with Crippen molar-refractivity contribution in [3.05, 3.63) is 83.6 Å². The molecule has 0 radical (unpaired) electrons. The van der Waals surface area contributed by atoms with Gasteiger partial charge in [-0.1, -0.05) is 24.3 Å². The van der Waals surface area contributed by atoms with Crippen LogP contribution in [0.2, 0.25) is 0 Å². The van der Waals surface area contributed by atoms with Gasteiger partial charge < -0.3 is 31.5 Å². The number of hydrogen-bond donors (Lipinski definition) is 6. The van der Waals surface area contributed by atoms with Gasteiger partial charge in [0.1, 0.15) is 0 Å². The number of amides is 1. The Morgan fingerprint density at radius 1 is 0.886 bits per heavy atom. The monoisotopic (exact) mass is 475 g/mol. The molecule has 9 nitrogen and oxygen atoms in total. The van der Waals surface area contributed by atoms with Gasteiger partial charge in [-0.15, -0.1) is 0 Å². The number of aromatic nitrogens is 1. The number of nitrogens with two attached hydrogens (primary N) is 1. The summed E-state index contributed by atoms with van der Waals surface area (Å²) in [6.45, 7) is 0.293. The average Bonchev–Trinajstić information content (AvgIpc) is 3.21. The summed E-state index contributed by atoms with van der Waals surface area (Å²) in [5, 5.41) is 41.8. The van der Waals surface area contributed by atoms with E-state index in [1.807, 2.05) is 12.1 Å². The second-order valence-electron chi connectivity index (χ2n) is 8.22. The van der Waals surface area contributed by atoms with Crippen LogP contribution in [0.3, 0.4) is 0 Å². The van der Waals surface area contributed by atoms with E-state index in [0.29, 0.717) is 24.0 Å². The molecule has 0 saturated carbocycles. The van der Waals surface area contributed by atoms with Crippen LogP contribution >= 0.6 is 0 Å². The molecule has 1 aromatic heterocycles. The van der Waals surface area contributed by atoms with Gasteiger partial charge in [-0.2, -0.15) is 0 Å². The Morgan fingerprint density at radius 3 is 2.29 bits per heavy atom. The van der Waals surface area contributed by atoms with Crippen molar-refractivity contribution in [2.45, 2.75) is 18.9 Å². The van der Waals surface area contributed by atoms with Crippen LogP contribution < -0.4 is 11.1 Å². The van der Waals surface area contributed by atoms with Crippen LogP contribution in [-0.4, -0.2) is 49.4 Å². The second kappa shape index (κ2) is 9.78. The number of carbonyl (C=O) groups is 2. The SMILES string of the molecule is N[C@@H](Cc1cn(C(=O)c2ccc(O)c(O)c2)c2ccccc12)C(=O)NCCc1ccc(O)c(O)c1.